The molecule has 2 aromatic rings. The van der Waals surface area contributed by atoms with E-state index in [1.807, 2.05) is 36.4 Å². The maximum absolute atomic E-state index is 12.8. The highest BCUT2D eigenvalue weighted by atomic mass is 16.6. The number of fused-ring (bicyclic) bond motifs is 3. The lowest BCUT2D eigenvalue weighted by atomic mass is 9.96. The Balaban J connectivity index is 1.20. The van der Waals surface area contributed by atoms with Crippen molar-refractivity contribution in [2.45, 2.75) is 25.0 Å². The molecule has 29 heavy (non-hydrogen) atoms. The fourth-order valence-corrected chi connectivity index (χ4v) is 4.48. The van der Waals surface area contributed by atoms with Crippen molar-refractivity contribution in [1.82, 2.24) is 10.2 Å². The van der Waals surface area contributed by atoms with Gasteiger partial charge < -0.3 is 24.4 Å². The quantitative estimate of drug-likeness (QED) is 0.845. The van der Waals surface area contributed by atoms with Crippen LogP contribution >= 0.6 is 0 Å². The second-order valence-corrected chi connectivity index (χ2v) is 8.16. The predicted molar refractivity (Wildman–Crippen MR) is 109 cm³/mol. The van der Waals surface area contributed by atoms with Crippen LogP contribution in [0.25, 0.3) is 0 Å². The van der Waals surface area contributed by atoms with Crippen molar-refractivity contribution >= 4 is 5.91 Å². The van der Waals surface area contributed by atoms with Crippen LogP contribution in [0, 0.1) is 5.92 Å². The Bertz CT molecular complexity index is 860. The molecule has 6 nitrogen and oxygen atoms in total. The molecular formula is C23H26N2O4. The number of benzene rings is 2. The number of carbonyl (C=O) groups is 1. The third-order valence-electron chi connectivity index (χ3n) is 5.90. The molecule has 1 unspecified atom stereocenters. The smallest absolute Gasteiger partial charge is 0.251 e. The Labute approximate surface area is 170 Å². The highest BCUT2D eigenvalue weighted by molar-refractivity contribution is 5.95. The number of piperidine rings is 1. The van der Waals surface area contributed by atoms with Crippen LogP contribution in [0.2, 0.25) is 0 Å². The molecule has 0 radical (unpaired) electrons. The van der Waals surface area contributed by atoms with Gasteiger partial charge in [-0.3, -0.25) is 4.79 Å². The third kappa shape index (κ3) is 4.17. The van der Waals surface area contributed by atoms with Gasteiger partial charge in [0.25, 0.3) is 5.91 Å². The Morgan fingerprint density at radius 2 is 2.03 bits per heavy atom. The SMILES string of the molecule is O=C(N[C@@H]1C[C@@H]2CCN(C2)C1)c1ccc2c(c1)O[C@@H](COc1ccccc1)CO2. The molecule has 2 saturated heterocycles. The summed E-state index contributed by atoms with van der Waals surface area (Å²) in [7, 11) is 0. The van der Waals surface area contributed by atoms with Crippen molar-refractivity contribution in [1.29, 1.82) is 0 Å². The summed E-state index contributed by atoms with van der Waals surface area (Å²) in [4.78, 5) is 15.2. The minimum Gasteiger partial charge on any atom is -0.490 e. The average molecular weight is 394 g/mol. The standard InChI is InChI=1S/C23H26N2O4/c26-23(24-18-10-16-8-9-25(12-16)13-18)17-6-7-21-22(11-17)29-20(15-28-21)14-27-19-4-2-1-3-5-19/h1-7,11,16,18,20H,8-10,12-15H2,(H,24,26)/t16-,18+,20-/m0/s1. The molecule has 0 aliphatic carbocycles. The van der Waals surface area contributed by atoms with Crippen LogP contribution < -0.4 is 19.5 Å². The number of hydrogen-bond donors (Lipinski definition) is 1. The van der Waals surface area contributed by atoms with Crippen LogP contribution in [0.3, 0.4) is 0 Å². The topological polar surface area (TPSA) is 60.0 Å². The number of amides is 1. The summed E-state index contributed by atoms with van der Waals surface area (Å²) in [6.07, 6.45) is 2.11. The van der Waals surface area contributed by atoms with Gasteiger partial charge in [0.05, 0.1) is 0 Å². The molecule has 1 amide bonds. The molecule has 5 rings (SSSR count). The van der Waals surface area contributed by atoms with Crippen LogP contribution in [0.1, 0.15) is 23.2 Å². The van der Waals surface area contributed by atoms with Crippen molar-refractivity contribution in [3.05, 3.63) is 54.1 Å². The van der Waals surface area contributed by atoms with E-state index < -0.39 is 0 Å². The first-order valence-corrected chi connectivity index (χ1v) is 10.4. The Morgan fingerprint density at radius 3 is 2.90 bits per heavy atom. The molecule has 2 bridgehead atoms. The molecule has 152 valence electrons. The van der Waals surface area contributed by atoms with Crippen molar-refractivity contribution < 1.29 is 19.0 Å². The fourth-order valence-electron chi connectivity index (χ4n) is 4.48. The van der Waals surface area contributed by atoms with E-state index in [9.17, 15) is 4.79 Å². The molecule has 6 heteroatoms. The third-order valence-corrected chi connectivity index (χ3v) is 5.90. The maximum atomic E-state index is 12.8. The second-order valence-electron chi connectivity index (χ2n) is 8.16. The summed E-state index contributed by atoms with van der Waals surface area (Å²) in [6, 6.07) is 15.3. The first kappa shape index (κ1) is 18.3. The molecule has 0 saturated carbocycles. The fraction of sp³-hybridized carbons (Fsp3) is 0.435. The highest BCUT2D eigenvalue weighted by Gasteiger charge is 2.33. The average Bonchev–Trinajstić information content (AvgIpc) is 3.10. The van der Waals surface area contributed by atoms with Crippen molar-refractivity contribution in [3.8, 4) is 17.2 Å². The second kappa shape index (κ2) is 7.95. The molecule has 0 aromatic heterocycles. The molecule has 1 N–H and O–H groups in total. The van der Waals surface area contributed by atoms with Gasteiger partial charge in [0.15, 0.2) is 17.6 Å². The molecule has 2 fully saturated rings. The molecule has 3 heterocycles. The van der Waals surface area contributed by atoms with Gasteiger partial charge in [-0.05, 0) is 55.6 Å². The number of rotatable bonds is 5. The summed E-state index contributed by atoms with van der Waals surface area (Å²) >= 11 is 0. The summed E-state index contributed by atoms with van der Waals surface area (Å²) in [5.41, 5.74) is 0.602. The normalized spacial score (nSPS) is 27.3. The van der Waals surface area contributed by atoms with Gasteiger partial charge in [-0.1, -0.05) is 18.2 Å². The molecule has 3 aliphatic rings. The molecule has 0 spiro atoms. The zero-order valence-electron chi connectivity index (χ0n) is 16.4. The van der Waals surface area contributed by atoms with E-state index in [1.165, 1.54) is 13.0 Å². The molecular weight excluding hydrogens is 368 g/mol. The summed E-state index contributed by atoms with van der Waals surface area (Å²) in [5, 5.41) is 3.20. The Morgan fingerprint density at radius 1 is 1.14 bits per heavy atom. The van der Waals surface area contributed by atoms with E-state index in [1.54, 1.807) is 12.1 Å². The Kier molecular flexibility index (Phi) is 5.02. The minimum atomic E-state index is -0.220. The summed E-state index contributed by atoms with van der Waals surface area (Å²) in [5.74, 6) is 2.73. The summed E-state index contributed by atoms with van der Waals surface area (Å²) < 4.78 is 17.6. The number of para-hydroxylation sites is 1. The van der Waals surface area contributed by atoms with E-state index in [0.29, 0.717) is 30.3 Å². The molecule has 2 aromatic carbocycles. The zero-order valence-corrected chi connectivity index (χ0v) is 16.4. The summed E-state index contributed by atoms with van der Waals surface area (Å²) in [6.45, 7) is 4.10. The lowest BCUT2D eigenvalue weighted by Crippen LogP contribution is -2.47. The lowest BCUT2D eigenvalue weighted by molar-refractivity contribution is 0.0533. The van der Waals surface area contributed by atoms with Gasteiger partial charge in [-0.25, -0.2) is 0 Å². The van der Waals surface area contributed by atoms with Crippen LogP contribution in [-0.4, -0.2) is 55.8 Å². The van der Waals surface area contributed by atoms with E-state index in [4.69, 9.17) is 14.2 Å². The van der Waals surface area contributed by atoms with Gasteiger partial charge >= 0.3 is 0 Å². The van der Waals surface area contributed by atoms with Crippen molar-refractivity contribution in [2.75, 3.05) is 32.8 Å². The zero-order chi connectivity index (χ0) is 19.6. The van der Waals surface area contributed by atoms with E-state index in [-0.39, 0.29) is 18.1 Å². The number of carbonyl (C=O) groups excluding carboxylic acids is 1. The maximum Gasteiger partial charge on any atom is 0.251 e. The van der Waals surface area contributed by atoms with Crippen molar-refractivity contribution in [3.63, 3.8) is 0 Å². The van der Waals surface area contributed by atoms with E-state index >= 15 is 0 Å². The monoisotopic (exact) mass is 394 g/mol. The molecule has 4 atom stereocenters. The van der Waals surface area contributed by atoms with Gasteiger partial charge in [0, 0.05) is 24.7 Å². The van der Waals surface area contributed by atoms with E-state index in [0.717, 1.165) is 31.2 Å². The number of nitrogens with one attached hydrogen (secondary N) is 1. The first-order valence-electron chi connectivity index (χ1n) is 10.4. The first-order chi connectivity index (χ1) is 14.2. The van der Waals surface area contributed by atoms with Crippen LogP contribution in [0.5, 0.6) is 17.2 Å². The van der Waals surface area contributed by atoms with Gasteiger partial charge in [-0.2, -0.15) is 0 Å². The van der Waals surface area contributed by atoms with Gasteiger partial charge in [0.2, 0.25) is 0 Å². The highest BCUT2D eigenvalue weighted by Crippen LogP contribution is 2.33. The van der Waals surface area contributed by atoms with Crippen molar-refractivity contribution in [2.24, 2.45) is 5.92 Å². The molecule has 3 aliphatic heterocycles. The lowest BCUT2D eigenvalue weighted by Gasteiger charge is -2.30. The minimum absolute atomic E-state index is 0.0495. The predicted octanol–water partition coefficient (Wildman–Crippen LogP) is 2.73. The van der Waals surface area contributed by atoms with Crippen LogP contribution in [-0.2, 0) is 0 Å². The number of nitrogens with zero attached hydrogens (tertiary/aromatic N) is 1. The largest absolute Gasteiger partial charge is 0.490 e. The van der Waals surface area contributed by atoms with E-state index in [2.05, 4.69) is 10.2 Å². The van der Waals surface area contributed by atoms with Crippen LogP contribution in [0.15, 0.2) is 48.5 Å². The van der Waals surface area contributed by atoms with Gasteiger partial charge in [-0.15, -0.1) is 0 Å². The van der Waals surface area contributed by atoms with Crippen LogP contribution in [0.4, 0.5) is 0 Å². The Hall–Kier alpha value is -2.73. The number of hydrogen-bond acceptors (Lipinski definition) is 5. The van der Waals surface area contributed by atoms with Gasteiger partial charge in [0.1, 0.15) is 19.0 Å². The number of ether oxygens (including phenoxy) is 3.